The molecule has 0 aliphatic rings. The summed E-state index contributed by atoms with van der Waals surface area (Å²) in [6, 6.07) is 5.01. The van der Waals surface area contributed by atoms with E-state index in [9.17, 15) is 13.2 Å². The van der Waals surface area contributed by atoms with Crippen molar-refractivity contribution in [3.05, 3.63) is 40.9 Å². The Kier molecular flexibility index (Phi) is 3.51. The number of anilines is 1. The van der Waals surface area contributed by atoms with Crippen LogP contribution >= 0.6 is 11.3 Å². The maximum absolute atomic E-state index is 12.8. The van der Waals surface area contributed by atoms with Gasteiger partial charge in [0.2, 0.25) is 5.13 Å². The number of hydrogen-bond donors (Lipinski definition) is 1. The summed E-state index contributed by atoms with van der Waals surface area (Å²) in [4.78, 5) is 0. The van der Waals surface area contributed by atoms with Gasteiger partial charge in [0.05, 0.1) is 11.6 Å². The number of benzene rings is 1. The van der Waals surface area contributed by atoms with Gasteiger partial charge in [0.1, 0.15) is 5.51 Å². The van der Waals surface area contributed by atoms with E-state index in [-0.39, 0.29) is 5.56 Å². The van der Waals surface area contributed by atoms with E-state index in [1.54, 1.807) is 13.0 Å². The molecule has 3 nitrogen and oxygen atoms in total. The van der Waals surface area contributed by atoms with Crippen molar-refractivity contribution in [1.82, 2.24) is 10.2 Å². The smallest absolute Gasteiger partial charge is 0.354 e. The zero-order chi connectivity index (χ0) is 13.2. The molecule has 0 fully saturated rings. The normalized spacial score (nSPS) is 13.3. The van der Waals surface area contributed by atoms with Gasteiger partial charge >= 0.3 is 6.18 Å². The number of aromatic nitrogens is 2. The first-order valence-electron chi connectivity index (χ1n) is 5.17. The van der Waals surface area contributed by atoms with E-state index in [1.165, 1.54) is 29.0 Å². The van der Waals surface area contributed by atoms with E-state index in [4.69, 9.17) is 0 Å². The molecule has 0 bridgehead atoms. The number of nitrogens with zero attached hydrogens (tertiary/aromatic N) is 2. The van der Waals surface area contributed by atoms with Gasteiger partial charge in [0.15, 0.2) is 0 Å². The lowest BCUT2D eigenvalue weighted by atomic mass is 10.0. The van der Waals surface area contributed by atoms with Crippen LogP contribution in [0.1, 0.15) is 24.1 Å². The monoisotopic (exact) mass is 273 g/mol. The highest BCUT2D eigenvalue weighted by molar-refractivity contribution is 7.13. The molecule has 2 rings (SSSR count). The van der Waals surface area contributed by atoms with Crippen molar-refractivity contribution < 1.29 is 13.2 Å². The topological polar surface area (TPSA) is 37.8 Å². The molecule has 1 heterocycles. The van der Waals surface area contributed by atoms with E-state index in [0.717, 1.165) is 6.07 Å². The summed E-state index contributed by atoms with van der Waals surface area (Å²) in [5, 5.41) is 10.8. The van der Waals surface area contributed by atoms with Gasteiger partial charge < -0.3 is 5.32 Å². The minimum Gasteiger partial charge on any atom is -0.354 e. The van der Waals surface area contributed by atoms with Crippen LogP contribution in [-0.2, 0) is 6.18 Å². The van der Waals surface area contributed by atoms with Crippen molar-refractivity contribution in [3.63, 3.8) is 0 Å². The number of nitrogens with one attached hydrogen (secondary N) is 1. The molecule has 0 saturated heterocycles. The van der Waals surface area contributed by atoms with Crippen molar-refractivity contribution in [2.45, 2.75) is 19.1 Å². The number of alkyl halides is 3. The first-order valence-corrected chi connectivity index (χ1v) is 6.05. The standard InChI is InChI=1S/C11H10F3N3S/c1-7(16-10-17-15-6-18-10)8-4-2-3-5-9(8)11(12,13)14/h2-7H,1H3,(H,16,17). The van der Waals surface area contributed by atoms with Crippen LogP contribution in [0.5, 0.6) is 0 Å². The molecule has 18 heavy (non-hydrogen) atoms. The second kappa shape index (κ2) is 4.93. The fourth-order valence-corrected chi connectivity index (χ4v) is 2.16. The lowest BCUT2D eigenvalue weighted by Gasteiger charge is -2.18. The first-order chi connectivity index (χ1) is 8.48. The number of halogens is 3. The van der Waals surface area contributed by atoms with Gasteiger partial charge in [-0.15, -0.1) is 10.2 Å². The van der Waals surface area contributed by atoms with E-state index in [0.29, 0.717) is 5.13 Å². The molecule has 7 heteroatoms. The predicted octanol–water partition coefficient (Wildman–Crippen LogP) is 3.73. The first kappa shape index (κ1) is 12.8. The molecule has 0 spiro atoms. The molecule has 1 aromatic heterocycles. The predicted molar refractivity (Wildman–Crippen MR) is 63.4 cm³/mol. The van der Waals surface area contributed by atoms with Crippen molar-refractivity contribution in [2.75, 3.05) is 5.32 Å². The zero-order valence-electron chi connectivity index (χ0n) is 9.40. The lowest BCUT2D eigenvalue weighted by molar-refractivity contribution is -0.138. The Hall–Kier alpha value is -1.63. The van der Waals surface area contributed by atoms with Crippen LogP contribution in [-0.4, -0.2) is 10.2 Å². The molecule has 2 aromatic rings. The molecule has 0 aliphatic heterocycles. The quantitative estimate of drug-likeness (QED) is 0.926. The van der Waals surface area contributed by atoms with Gasteiger partial charge in [0.25, 0.3) is 0 Å². The summed E-state index contributed by atoms with van der Waals surface area (Å²) in [6.45, 7) is 1.66. The van der Waals surface area contributed by atoms with Crippen LogP contribution in [0.4, 0.5) is 18.3 Å². The fourth-order valence-electron chi connectivity index (χ4n) is 1.63. The van der Waals surface area contributed by atoms with Crippen LogP contribution in [0.15, 0.2) is 29.8 Å². The van der Waals surface area contributed by atoms with Gasteiger partial charge in [0, 0.05) is 0 Å². The van der Waals surface area contributed by atoms with E-state index in [2.05, 4.69) is 15.5 Å². The second-order valence-corrected chi connectivity index (χ2v) is 4.53. The molecule has 1 unspecified atom stereocenters. The van der Waals surface area contributed by atoms with Crippen molar-refractivity contribution in [3.8, 4) is 0 Å². The zero-order valence-corrected chi connectivity index (χ0v) is 10.2. The van der Waals surface area contributed by atoms with Gasteiger partial charge in [-0.2, -0.15) is 13.2 Å². The number of rotatable bonds is 3. The Morgan fingerprint density at radius 3 is 2.61 bits per heavy atom. The average molecular weight is 273 g/mol. The molecule has 0 aliphatic carbocycles. The summed E-state index contributed by atoms with van der Waals surface area (Å²) < 4.78 is 38.5. The second-order valence-electron chi connectivity index (χ2n) is 3.69. The Bertz CT molecular complexity index is 511. The third-order valence-corrected chi connectivity index (χ3v) is 3.06. The third-order valence-electron chi connectivity index (χ3n) is 2.43. The minimum absolute atomic E-state index is 0.195. The molecule has 0 saturated carbocycles. The summed E-state index contributed by atoms with van der Waals surface area (Å²) in [5.74, 6) is 0. The SMILES string of the molecule is CC(Nc1nncs1)c1ccccc1C(F)(F)F. The lowest BCUT2D eigenvalue weighted by Crippen LogP contribution is -2.15. The molecule has 0 radical (unpaired) electrons. The van der Waals surface area contributed by atoms with Gasteiger partial charge in [-0.05, 0) is 18.6 Å². The van der Waals surface area contributed by atoms with E-state index >= 15 is 0 Å². The van der Waals surface area contributed by atoms with E-state index in [1.807, 2.05) is 0 Å². The average Bonchev–Trinajstić information content (AvgIpc) is 2.80. The van der Waals surface area contributed by atoms with Crippen molar-refractivity contribution in [2.24, 2.45) is 0 Å². The van der Waals surface area contributed by atoms with Crippen molar-refractivity contribution >= 4 is 16.5 Å². The maximum Gasteiger partial charge on any atom is 0.416 e. The van der Waals surface area contributed by atoms with Gasteiger partial charge in [-0.1, -0.05) is 29.5 Å². The van der Waals surface area contributed by atoms with Crippen LogP contribution in [0.3, 0.4) is 0 Å². The Labute approximate surface area is 106 Å². The third kappa shape index (κ3) is 2.79. The van der Waals surface area contributed by atoms with Crippen molar-refractivity contribution in [1.29, 1.82) is 0 Å². The summed E-state index contributed by atoms with van der Waals surface area (Å²) >= 11 is 1.24. The maximum atomic E-state index is 12.8. The fraction of sp³-hybridized carbons (Fsp3) is 0.273. The van der Waals surface area contributed by atoms with E-state index < -0.39 is 17.8 Å². The highest BCUT2D eigenvalue weighted by Crippen LogP contribution is 2.35. The Balaban J connectivity index is 2.27. The summed E-state index contributed by atoms with van der Waals surface area (Å²) in [5.41, 5.74) is 1.08. The molecule has 1 aromatic carbocycles. The van der Waals surface area contributed by atoms with Crippen LogP contribution in [0.2, 0.25) is 0 Å². The molecule has 0 amide bonds. The number of hydrogen-bond acceptors (Lipinski definition) is 4. The highest BCUT2D eigenvalue weighted by Gasteiger charge is 2.34. The molecule has 1 N–H and O–H groups in total. The van der Waals surface area contributed by atoms with Crippen LogP contribution in [0.25, 0.3) is 0 Å². The minimum atomic E-state index is -4.35. The van der Waals surface area contributed by atoms with Gasteiger partial charge in [-0.3, -0.25) is 0 Å². The molecular weight excluding hydrogens is 263 g/mol. The molecule has 96 valence electrons. The highest BCUT2D eigenvalue weighted by atomic mass is 32.1. The summed E-state index contributed by atoms with van der Waals surface area (Å²) in [7, 11) is 0. The summed E-state index contributed by atoms with van der Waals surface area (Å²) in [6.07, 6.45) is -4.35. The molecule has 1 atom stereocenters. The Morgan fingerprint density at radius 1 is 1.28 bits per heavy atom. The largest absolute Gasteiger partial charge is 0.416 e. The Morgan fingerprint density at radius 2 is 2.00 bits per heavy atom. The van der Waals surface area contributed by atoms with Crippen LogP contribution < -0.4 is 5.32 Å². The van der Waals surface area contributed by atoms with Crippen LogP contribution in [0, 0.1) is 0 Å². The van der Waals surface area contributed by atoms with Gasteiger partial charge in [-0.25, -0.2) is 0 Å². The molecular formula is C11H10F3N3S.